The summed E-state index contributed by atoms with van der Waals surface area (Å²) < 4.78 is 19.3. The second-order valence-electron chi connectivity index (χ2n) is 6.49. The summed E-state index contributed by atoms with van der Waals surface area (Å²) in [5, 5.41) is 5.31. The molecule has 2 aromatic carbocycles. The number of rotatable bonds is 7. The lowest BCUT2D eigenvalue weighted by molar-refractivity contribution is 0.0946. The zero-order chi connectivity index (χ0) is 20.8. The molecule has 0 saturated carbocycles. The molecule has 2 heterocycles. The minimum absolute atomic E-state index is 0.157. The molecule has 1 N–H and O–H groups in total. The Morgan fingerprint density at radius 3 is 2.67 bits per heavy atom. The van der Waals surface area contributed by atoms with Crippen LogP contribution in [0.15, 0.2) is 78.4 Å². The topological polar surface area (TPSA) is 64.1 Å². The van der Waals surface area contributed by atoms with Crippen molar-refractivity contribution in [2.75, 3.05) is 0 Å². The number of hydrogen-bond donors (Lipinski definition) is 1. The van der Waals surface area contributed by atoms with Crippen molar-refractivity contribution in [1.82, 2.24) is 15.3 Å². The van der Waals surface area contributed by atoms with Gasteiger partial charge in [-0.2, -0.15) is 0 Å². The van der Waals surface area contributed by atoms with Crippen LogP contribution in [0.2, 0.25) is 0 Å². The number of ether oxygens (including phenoxy) is 1. The van der Waals surface area contributed by atoms with E-state index in [2.05, 4.69) is 15.3 Å². The SMILES string of the molecule is O=C(NCc1cccnc1)c1csc(-c2ccc(OCc3ccccc3F)cc2)n1. The smallest absolute Gasteiger partial charge is 0.271 e. The zero-order valence-electron chi connectivity index (χ0n) is 15.9. The number of nitrogens with zero attached hydrogens (tertiary/aromatic N) is 2. The van der Waals surface area contributed by atoms with Gasteiger partial charge in [-0.05, 0) is 42.0 Å². The predicted octanol–water partition coefficient (Wildman–Crippen LogP) is 4.85. The number of aromatic nitrogens is 2. The van der Waals surface area contributed by atoms with Crippen LogP contribution in [-0.2, 0) is 13.2 Å². The number of amides is 1. The maximum absolute atomic E-state index is 13.7. The number of thiazole rings is 1. The van der Waals surface area contributed by atoms with Crippen molar-refractivity contribution in [3.63, 3.8) is 0 Å². The van der Waals surface area contributed by atoms with E-state index in [-0.39, 0.29) is 18.3 Å². The quantitative estimate of drug-likeness (QED) is 0.465. The fourth-order valence-corrected chi connectivity index (χ4v) is 3.56. The summed E-state index contributed by atoms with van der Waals surface area (Å²) in [6.07, 6.45) is 3.40. The molecule has 2 aromatic heterocycles. The van der Waals surface area contributed by atoms with Gasteiger partial charge in [-0.15, -0.1) is 11.3 Å². The van der Waals surface area contributed by atoms with E-state index < -0.39 is 0 Å². The molecule has 0 saturated heterocycles. The van der Waals surface area contributed by atoms with Crippen molar-refractivity contribution in [1.29, 1.82) is 0 Å². The van der Waals surface area contributed by atoms with Gasteiger partial charge in [-0.1, -0.05) is 24.3 Å². The second-order valence-corrected chi connectivity index (χ2v) is 7.34. The van der Waals surface area contributed by atoms with Crippen LogP contribution in [0.5, 0.6) is 5.75 Å². The van der Waals surface area contributed by atoms with Gasteiger partial charge in [-0.25, -0.2) is 9.37 Å². The summed E-state index contributed by atoms with van der Waals surface area (Å²) in [6.45, 7) is 0.554. The monoisotopic (exact) mass is 419 g/mol. The fourth-order valence-electron chi connectivity index (χ4n) is 2.76. The summed E-state index contributed by atoms with van der Waals surface area (Å²) >= 11 is 1.40. The van der Waals surface area contributed by atoms with Gasteiger partial charge in [0.2, 0.25) is 0 Å². The first-order valence-electron chi connectivity index (χ1n) is 9.28. The molecule has 4 aromatic rings. The van der Waals surface area contributed by atoms with E-state index in [0.717, 1.165) is 16.1 Å². The van der Waals surface area contributed by atoms with Crippen LogP contribution in [-0.4, -0.2) is 15.9 Å². The van der Waals surface area contributed by atoms with E-state index >= 15 is 0 Å². The maximum Gasteiger partial charge on any atom is 0.271 e. The van der Waals surface area contributed by atoms with E-state index in [0.29, 0.717) is 23.6 Å². The van der Waals surface area contributed by atoms with Gasteiger partial charge in [0.05, 0.1) is 0 Å². The van der Waals surface area contributed by atoms with E-state index in [1.165, 1.54) is 17.4 Å². The fraction of sp³-hybridized carbons (Fsp3) is 0.0870. The van der Waals surface area contributed by atoms with Gasteiger partial charge in [-0.3, -0.25) is 9.78 Å². The minimum atomic E-state index is -0.286. The molecule has 7 heteroatoms. The summed E-state index contributed by atoms with van der Waals surface area (Å²) in [6, 6.07) is 17.6. The van der Waals surface area contributed by atoms with Crippen LogP contribution < -0.4 is 10.1 Å². The minimum Gasteiger partial charge on any atom is -0.489 e. The van der Waals surface area contributed by atoms with Gasteiger partial charge in [0.15, 0.2) is 0 Å². The number of carbonyl (C=O) groups is 1. The van der Waals surface area contributed by atoms with Crippen molar-refractivity contribution >= 4 is 17.2 Å². The molecule has 4 rings (SSSR count). The summed E-state index contributed by atoms with van der Waals surface area (Å²) in [4.78, 5) is 20.8. The molecule has 30 heavy (non-hydrogen) atoms. The molecular weight excluding hydrogens is 401 g/mol. The first-order chi connectivity index (χ1) is 14.7. The van der Waals surface area contributed by atoms with Crippen molar-refractivity contribution in [3.8, 4) is 16.3 Å². The third-order valence-corrected chi connectivity index (χ3v) is 5.26. The number of nitrogens with one attached hydrogen (secondary N) is 1. The lowest BCUT2D eigenvalue weighted by Gasteiger charge is -2.07. The largest absolute Gasteiger partial charge is 0.489 e. The Morgan fingerprint density at radius 1 is 1.07 bits per heavy atom. The van der Waals surface area contributed by atoms with Crippen molar-refractivity contribution in [2.45, 2.75) is 13.2 Å². The van der Waals surface area contributed by atoms with Crippen LogP contribution in [0.4, 0.5) is 4.39 Å². The highest BCUT2D eigenvalue weighted by molar-refractivity contribution is 7.13. The molecule has 0 atom stereocenters. The first-order valence-corrected chi connectivity index (χ1v) is 10.2. The van der Waals surface area contributed by atoms with Crippen molar-refractivity contribution in [3.05, 3.63) is 101 Å². The van der Waals surface area contributed by atoms with Crippen LogP contribution in [0.25, 0.3) is 10.6 Å². The number of pyridine rings is 1. The molecule has 150 valence electrons. The predicted molar refractivity (Wildman–Crippen MR) is 114 cm³/mol. The van der Waals surface area contributed by atoms with Gasteiger partial charge in [0.25, 0.3) is 5.91 Å². The third-order valence-electron chi connectivity index (χ3n) is 4.37. The highest BCUT2D eigenvalue weighted by atomic mass is 32.1. The van der Waals surface area contributed by atoms with Crippen LogP contribution in [0, 0.1) is 5.82 Å². The van der Waals surface area contributed by atoms with Crippen LogP contribution in [0.1, 0.15) is 21.6 Å². The Labute approximate surface area is 177 Å². The molecule has 0 unspecified atom stereocenters. The molecule has 5 nitrogen and oxygen atoms in total. The average molecular weight is 419 g/mol. The van der Waals surface area contributed by atoms with E-state index in [1.54, 1.807) is 48.1 Å². The highest BCUT2D eigenvalue weighted by Crippen LogP contribution is 2.26. The first kappa shape index (κ1) is 19.7. The molecule has 0 aliphatic carbocycles. The summed E-state index contributed by atoms with van der Waals surface area (Å²) in [7, 11) is 0. The molecule has 0 bridgehead atoms. The third kappa shape index (κ3) is 4.87. The Morgan fingerprint density at radius 2 is 1.90 bits per heavy atom. The molecule has 0 aliphatic rings. The molecule has 1 amide bonds. The van der Waals surface area contributed by atoms with Gasteiger partial charge in [0, 0.05) is 35.4 Å². The van der Waals surface area contributed by atoms with Gasteiger partial charge >= 0.3 is 0 Å². The number of hydrogen-bond acceptors (Lipinski definition) is 5. The Hall–Kier alpha value is -3.58. The lowest BCUT2D eigenvalue weighted by atomic mass is 10.2. The number of carbonyl (C=O) groups excluding carboxylic acids is 1. The molecular formula is C23H18FN3O2S. The Bertz CT molecular complexity index is 1130. The Balaban J connectivity index is 1.36. The molecule has 0 fully saturated rings. The normalized spacial score (nSPS) is 10.6. The second kappa shape index (κ2) is 9.28. The summed E-state index contributed by atoms with van der Waals surface area (Å²) in [5.74, 6) is 0.116. The van der Waals surface area contributed by atoms with Crippen molar-refractivity contribution in [2.24, 2.45) is 0 Å². The average Bonchev–Trinajstić information content (AvgIpc) is 3.28. The number of halogens is 1. The van der Waals surface area contributed by atoms with Gasteiger partial charge < -0.3 is 10.1 Å². The van der Waals surface area contributed by atoms with E-state index in [9.17, 15) is 9.18 Å². The highest BCUT2D eigenvalue weighted by Gasteiger charge is 2.12. The van der Waals surface area contributed by atoms with Crippen LogP contribution in [0.3, 0.4) is 0 Å². The zero-order valence-corrected chi connectivity index (χ0v) is 16.7. The molecule has 0 aliphatic heterocycles. The standard InChI is InChI=1S/C23H18FN3O2S/c24-20-6-2-1-5-18(20)14-29-19-9-7-17(8-10-19)23-27-21(15-30-23)22(28)26-13-16-4-3-11-25-12-16/h1-12,15H,13-14H2,(H,26,28). The van der Waals surface area contributed by atoms with Crippen LogP contribution >= 0.6 is 11.3 Å². The van der Waals surface area contributed by atoms with Crippen molar-refractivity contribution < 1.29 is 13.9 Å². The maximum atomic E-state index is 13.7. The van der Waals surface area contributed by atoms with E-state index in [1.807, 2.05) is 24.3 Å². The molecule has 0 radical (unpaired) electrons. The lowest BCUT2D eigenvalue weighted by Crippen LogP contribution is -2.23. The summed E-state index contributed by atoms with van der Waals surface area (Å²) in [5.41, 5.74) is 2.68. The number of benzene rings is 2. The van der Waals surface area contributed by atoms with E-state index in [4.69, 9.17) is 4.74 Å². The molecule has 0 spiro atoms. The van der Waals surface area contributed by atoms with Gasteiger partial charge in [0.1, 0.15) is 28.9 Å². The Kier molecular flexibility index (Phi) is 6.10.